The van der Waals surface area contributed by atoms with Crippen LogP contribution in [0.5, 0.6) is 0 Å². The van der Waals surface area contributed by atoms with Crippen molar-refractivity contribution in [1.29, 1.82) is 0 Å². The maximum Gasteiger partial charge on any atom is 0.0544 e. The standard InChI is InChI=1S/C14H24N2/c1-12(2)8-10-16(13(3)4)11-14-7-5-6-9-15-14/h5-7,9,12-13H,8,10-11H2,1-4H3. The minimum atomic E-state index is 0.584. The van der Waals surface area contributed by atoms with Gasteiger partial charge in [-0.25, -0.2) is 0 Å². The largest absolute Gasteiger partial charge is 0.295 e. The van der Waals surface area contributed by atoms with E-state index in [1.165, 1.54) is 12.1 Å². The van der Waals surface area contributed by atoms with Crippen molar-refractivity contribution in [2.75, 3.05) is 6.54 Å². The molecule has 0 aliphatic carbocycles. The van der Waals surface area contributed by atoms with Gasteiger partial charge in [0, 0.05) is 18.8 Å². The first kappa shape index (κ1) is 13.2. The molecule has 1 heterocycles. The van der Waals surface area contributed by atoms with Crippen molar-refractivity contribution in [1.82, 2.24) is 9.88 Å². The molecule has 0 spiro atoms. The SMILES string of the molecule is CC(C)CCN(Cc1ccccn1)C(C)C. The van der Waals surface area contributed by atoms with Gasteiger partial charge in [-0.2, -0.15) is 0 Å². The molecule has 0 amide bonds. The monoisotopic (exact) mass is 220 g/mol. The summed E-state index contributed by atoms with van der Waals surface area (Å²) in [4.78, 5) is 6.87. The van der Waals surface area contributed by atoms with Crippen molar-refractivity contribution >= 4 is 0 Å². The Balaban J connectivity index is 2.51. The van der Waals surface area contributed by atoms with Gasteiger partial charge < -0.3 is 0 Å². The van der Waals surface area contributed by atoms with Crippen LogP contribution in [0.2, 0.25) is 0 Å². The van der Waals surface area contributed by atoms with Crippen LogP contribution >= 0.6 is 0 Å². The van der Waals surface area contributed by atoms with Gasteiger partial charge in [-0.15, -0.1) is 0 Å². The average molecular weight is 220 g/mol. The van der Waals surface area contributed by atoms with Crippen molar-refractivity contribution < 1.29 is 0 Å². The number of hydrogen-bond acceptors (Lipinski definition) is 2. The second-order valence-electron chi connectivity index (χ2n) is 5.07. The zero-order valence-corrected chi connectivity index (χ0v) is 11.0. The highest BCUT2D eigenvalue weighted by Crippen LogP contribution is 2.09. The molecule has 0 atom stereocenters. The molecule has 0 aromatic carbocycles. The fourth-order valence-electron chi connectivity index (χ4n) is 1.64. The molecular weight excluding hydrogens is 196 g/mol. The second kappa shape index (κ2) is 6.64. The van der Waals surface area contributed by atoms with Gasteiger partial charge in [-0.3, -0.25) is 9.88 Å². The van der Waals surface area contributed by atoms with Crippen LogP contribution in [0.25, 0.3) is 0 Å². The third kappa shape index (κ3) is 4.75. The van der Waals surface area contributed by atoms with E-state index in [2.05, 4.69) is 49.7 Å². The van der Waals surface area contributed by atoms with E-state index in [1.54, 1.807) is 0 Å². The number of pyridine rings is 1. The minimum absolute atomic E-state index is 0.584. The summed E-state index contributed by atoms with van der Waals surface area (Å²) in [6.45, 7) is 11.2. The minimum Gasteiger partial charge on any atom is -0.295 e. The molecule has 0 aliphatic rings. The van der Waals surface area contributed by atoms with Crippen molar-refractivity contribution in [3.8, 4) is 0 Å². The normalized spacial score (nSPS) is 11.7. The molecular formula is C14H24N2. The van der Waals surface area contributed by atoms with E-state index in [1.807, 2.05) is 12.3 Å². The quantitative estimate of drug-likeness (QED) is 0.731. The lowest BCUT2D eigenvalue weighted by molar-refractivity contribution is 0.199. The molecule has 1 aromatic rings. The molecule has 1 aromatic heterocycles. The summed E-state index contributed by atoms with van der Waals surface area (Å²) >= 11 is 0. The van der Waals surface area contributed by atoms with E-state index in [-0.39, 0.29) is 0 Å². The first-order valence-electron chi connectivity index (χ1n) is 6.23. The Hall–Kier alpha value is -0.890. The fraction of sp³-hybridized carbons (Fsp3) is 0.643. The van der Waals surface area contributed by atoms with Crippen molar-refractivity contribution in [3.05, 3.63) is 30.1 Å². The molecule has 90 valence electrons. The van der Waals surface area contributed by atoms with Crippen LogP contribution < -0.4 is 0 Å². The van der Waals surface area contributed by atoms with Crippen LogP contribution in [-0.4, -0.2) is 22.5 Å². The Morgan fingerprint density at radius 3 is 2.44 bits per heavy atom. The molecule has 1 rings (SSSR count). The van der Waals surface area contributed by atoms with Crippen LogP contribution in [0.1, 0.15) is 39.8 Å². The molecule has 0 bridgehead atoms. The maximum absolute atomic E-state index is 4.39. The summed E-state index contributed by atoms with van der Waals surface area (Å²) in [7, 11) is 0. The summed E-state index contributed by atoms with van der Waals surface area (Å²) in [6.07, 6.45) is 3.13. The van der Waals surface area contributed by atoms with E-state index >= 15 is 0 Å². The van der Waals surface area contributed by atoms with Crippen molar-refractivity contribution in [2.24, 2.45) is 5.92 Å². The van der Waals surface area contributed by atoms with Crippen LogP contribution in [0.4, 0.5) is 0 Å². The Morgan fingerprint density at radius 2 is 1.94 bits per heavy atom. The third-order valence-corrected chi connectivity index (χ3v) is 2.82. The average Bonchev–Trinajstić information content (AvgIpc) is 2.25. The van der Waals surface area contributed by atoms with Gasteiger partial charge in [0.15, 0.2) is 0 Å². The molecule has 0 saturated carbocycles. The van der Waals surface area contributed by atoms with E-state index in [4.69, 9.17) is 0 Å². The summed E-state index contributed by atoms with van der Waals surface area (Å²) in [5, 5.41) is 0. The lowest BCUT2D eigenvalue weighted by atomic mass is 10.1. The highest BCUT2D eigenvalue weighted by molar-refractivity contribution is 5.03. The van der Waals surface area contributed by atoms with Gasteiger partial charge in [-0.05, 0) is 44.9 Å². The van der Waals surface area contributed by atoms with Crippen molar-refractivity contribution in [3.63, 3.8) is 0 Å². The van der Waals surface area contributed by atoms with Crippen LogP contribution in [0.15, 0.2) is 24.4 Å². The zero-order chi connectivity index (χ0) is 12.0. The number of nitrogens with zero attached hydrogens (tertiary/aromatic N) is 2. The lowest BCUT2D eigenvalue weighted by Crippen LogP contribution is -2.32. The molecule has 2 nitrogen and oxygen atoms in total. The lowest BCUT2D eigenvalue weighted by Gasteiger charge is -2.26. The Kier molecular flexibility index (Phi) is 5.47. The summed E-state index contributed by atoms with van der Waals surface area (Å²) < 4.78 is 0. The fourth-order valence-corrected chi connectivity index (χ4v) is 1.64. The molecule has 2 heteroatoms. The van der Waals surface area contributed by atoms with E-state index in [0.717, 1.165) is 19.0 Å². The molecule has 0 unspecified atom stereocenters. The Bertz CT molecular complexity index is 280. The molecule has 0 aliphatic heterocycles. The van der Waals surface area contributed by atoms with Gasteiger partial charge >= 0.3 is 0 Å². The smallest absolute Gasteiger partial charge is 0.0544 e. The number of hydrogen-bond donors (Lipinski definition) is 0. The second-order valence-corrected chi connectivity index (χ2v) is 5.07. The molecule has 16 heavy (non-hydrogen) atoms. The topological polar surface area (TPSA) is 16.1 Å². The summed E-state index contributed by atoms with van der Waals surface area (Å²) in [6, 6.07) is 6.71. The highest BCUT2D eigenvalue weighted by atomic mass is 15.1. The third-order valence-electron chi connectivity index (χ3n) is 2.82. The Morgan fingerprint density at radius 1 is 1.19 bits per heavy atom. The predicted molar refractivity (Wildman–Crippen MR) is 69.2 cm³/mol. The van der Waals surface area contributed by atoms with E-state index < -0.39 is 0 Å². The molecule has 0 saturated heterocycles. The highest BCUT2D eigenvalue weighted by Gasteiger charge is 2.10. The zero-order valence-electron chi connectivity index (χ0n) is 11.0. The summed E-state index contributed by atoms with van der Waals surface area (Å²) in [5.41, 5.74) is 1.17. The first-order valence-corrected chi connectivity index (χ1v) is 6.23. The van der Waals surface area contributed by atoms with Gasteiger partial charge in [-0.1, -0.05) is 19.9 Å². The van der Waals surface area contributed by atoms with Crippen LogP contribution in [-0.2, 0) is 6.54 Å². The van der Waals surface area contributed by atoms with Crippen LogP contribution in [0.3, 0.4) is 0 Å². The van der Waals surface area contributed by atoms with Crippen molar-refractivity contribution in [2.45, 2.75) is 46.7 Å². The Labute approximate surface area is 99.7 Å². The number of aromatic nitrogens is 1. The molecule has 0 radical (unpaired) electrons. The van der Waals surface area contributed by atoms with Gasteiger partial charge in [0.25, 0.3) is 0 Å². The number of rotatable bonds is 6. The predicted octanol–water partition coefficient (Wildman–Crippen LogP) is 3.34. The maximum atomic E-state index is 4.39. The van der Waals surface area contributed by atoms with E-state index in [0.29, 0.717) is 6.04 Å². The first-order chi connectivity index (χ1) is 7.59. The van der Waals surface area contributed by atoms with Gasteiger partial charge in [0.05, 0.1) is 5.69 Å². The molecule has 0 fully saturated rings. The van der Waals surface area contributed by atoms with Gasteiger partial charge in [0.1, 0.15) is 0 Å². The summed E-state index contributed by atoms with van der Waals surface area (Å²) in [5.74, 6) is 0.769. The van der Waals surface area contributed by atoms with Crippen LogP contribution in [0, 0.1) is 5.92 Å². The van der Waals surface area contributed by atoms with E-state index in [9.17, 15) is 0 Å². The van der Waals surface area contributed by atoms with Gasteiger partial charge in [0.2, 0.25) is 0 Å². The molecule has 0 N–H and O–H groups in total.